The van der Waals surface area contributed by atoms with E-state index in [0.717, 1.165) is 27.3 Å². The maximum atomic E-state index is 12.9. The molecule has 0 saturated heterocycles. The van der Waals surface area contributed by atoms with Crippen LogP contribution >= 0.6 is 0 Å². The second-order valence-electron chi connectivity index (χ2n) is 7.79. The molecule has 0 fully saturated rings. The predicted octanol–water partition coefficient (Wildman–Crippen LogP) is 4.68. The van der Waals surface area contributed by atoms with Crippen molar-refractivity contribution < 1.29 is 17.9 Å². The summed E-state index contributed by atoms with van der Waals surface area (Å²) in [6, 6.07) is 21.2. The summed E-state index contributed by atoms with van der Waals surface area (Å²) in [5.74, 6) is 0.249. The zero-order valence-electron chi connectivity index (χ0n) is 18.7. The SMILES string of the molecule is Cc1ccc(N([C@@H](C)C(=O)Nc2ccc(OCc3ccccc3)cc2)S(C)(=O)=O)cc1C. The summed E-state index contributed by atoms with van der Waals surface area (Å²) in [6.45, 7) is 5.88. The molecule has 0 aliphatic carbocycles. The molecule has 6 nitrogen and oxygen atoms in total. The van der Waals surface area contributed by atoms with E-state index in [9.17, 15) is 13.2 Å². The Morgan fingerprint density at radius 1 is 0.969 bits per heavy atom. The van der Waals surface area contributed by atoms with E-state index in [2.05, 4.69) is 5.32 Å². The molecule has 0 spiro atoms. The maximum Gasteiger partial charge on any atom is 0.247 e. The molecule has 3 aromatic carbocycles. The van der Waals surface area contributed by atoms with Crippen LogP contribution in [0, 0.1) is 13.8 Å². The first-order valence-electron chi connectivity index (χ1n) is 10.3. The highest BCUT2D eigenvalue weighted by molar-refractivity contribution is 7.92. The Balaban J connectivity index is 1.69. The molecule has 0 aromatic heterocycles. The summed E-state index contributed by atoms with van der Waals surface area (Å²) in [5, 5.41) is 2.79. The Kier molecular flexibility index (Phi) is 7.20. The van der Waals surface area contributed by atoms with Crippen molar-refractivity contribution in [2.45, 2.75) is 33.4 Å². The molecule has 0 unspecified atom stereocenters. The van der Waals surface area contributed by atoms with E-state index in [1.165, 1.54) is 0 Å². The minimum atomic E-state index is -3.67. The number of benzene rings is 3. The number of ether oxygens (including phenoxy) is 1. The van der Waals surface area contributed by atoms with Crippen LogP contribution in [0.25, 0.3) is 0 Å². The third-order valence-electron chi connectivity index (χ3n) is 5.20. The predicted molar refractivity (Wildman–Crippen MR) is 129 cm³/mol. The Morgan fingerprint density at radius 3 is 2.22 bits per heavy atom. The smallest absolute Gasteiger partial charge is 0.247 e. The van der Waals surface area contributed by atoms with Gasteiger partial charge < -0.3 is 10.1 Å². The molecule has 0 heterocycles. The highest BCUT2D eigenvalue weighted by Gasteiger charge is 2.29. The van der Waals surface area contributed by atoms with Gasteiger partial charge in [-0.3, -0.25) is 9.10 Å². The third-order valence-corrected chi connectivity index (χ3v) is 6.45. The lowest BCUT2D eigenvalue weighted by Crippen LogP contribution is -2.45. The van der Waals surface area contributed by atoms with Gasteiger partial charge in [0.2, 0.25) is 15.9 Å². The molecule has 0 aliphatic rings. The topological polar surface area (TPSA) is 75.7 Å². The van der Waals surface area contributed by atoms with Gasteiger partial charge in [-0.2, -0.15) is 0 Å². The number of rotatable bonds is 8. The number of sulfonamides is 1. The third kappa shape index (κ3) is 5.88. The molecule has 3 aromatic rings. The molecule has 0 saturated carbocycles. The van der Waals surface area contributed by atoms with E-state index < -0.39 is 22.0 Å². The number of anilines is 2. The summed E-state index contributed by atoms with van der Waals surface area (Å²) in [6.07, 6.45) is 1.10. The van der Waals surface area contributed by atoms with E-state index in [-0.39, 0.29) is 0 Å². The lowest BCUT2D eigenvalue weighted by molar-refractivity contribution is -0.116. The number of carbonyl (C=O) groups excluding carboxylic acids is 1. The van der Waals surface area contributed by atoms with Crippen molar-refractivity contribution in [1.29, 1.82) is 0 Å². The van der Waals surface area contributed by atoms with Crippen molar-refractivity contribution >= 4 is 27.3 Å². The molecule has 0 radical (unpaired) electrons. The monoisotopic (exact) mass is 452 g/mol. The normalized spacial score (nSPS) is 12.1. The molecule has 168 valence electrons. The van der Waals surface area contributed by atoms with Gasteiger partial charge in [-0.1, -0.05) is 36.4 Å². The standard InChI is InChI=1S/C25H28N2O4S/c1-18-10-13-23(16-19(18)2)27(32(4,29)30)20(3)25(28)26-22-11-14-24(15-12-22)31-17-21-8-6-5-7-9-21/h5-16,20H,17H2,1-4H3,(H,26,28)/t20-/m0/s1. The Bertz CT molecular complexity index is 1180. The molecule has 1 amide bonds. The van der Waals surface area contributed by atoms with Gasteiger partial charge in [-0.15, -0.1) is 0 Å². The lowest BCUT2D eigenvalue weighted by atomic mass is 10.1. The number of nitrogens with zero attached hydrogens (tertiary/aromatic N) is 1. The van der Waals surface area contributed by atoms with Gasteiger partial charge in [0.25, 0.3) is 0 Å². The highest BCUT2D eigenvalue weighted by Crippen LogP contribution is 2.25. The number of hydrogen-bond donors (Lipinski definition) is 1. The van der Waals surface area contributed by atoms with E-state index in [1.54, 1.807) is 43.3 Å². The van der Waals surface area contributed by atoms with Crippen molar-refractivity contribution in [3.05, 3.63) is 89.5 Å². The summed E-state index contributed by atoms with van der Waals surface area (Å²) in [7, 11) is -3.67. The molecule has 7 heteroatoms. The van der Waals surface area contributed by atoms with Crippen LogP contribution < -0.4 is 14.4 Å². The first kappa shape index (κ1) is 23.3. The quantitative estimate of drug-likeness (QED) is 0.539. The summed E-state index contributed by atoms with van der Waals surface area (Å²) >= 11 is 0. The van der Waals surface area contributed by atoms with Crippen LogP contribution in [0.5, 0.6) is 5.75 Å². The minimum Gasteiger partial charge on any atom is -0.489 e. The van der Waals surface area contributed by atoms with E-state index in [1.807, 2.05) is 50.2 Å². The van der Waals surface area contributed by atoms with Gasteiger partial charge in [0, 0.05) is 5.69 Å². The van der Waals surface area contributed by atoms with Crippen molar-refractivity contribution in [3.63, 3.8) is 0 Å². The Morgan fingerprint density at radius 2 is 1.62 bits per heavy atom. The van der Waals surface area contributed by atoms with E-state index in [0.29, 0.717) is 23.7 Å². The zero-order chi connectivity index (χ0) is 23.3. The molecule has 3 rings (SSSR count). The molecule has 1 atom stereocenters. The fraction of sp³-hybridized carbons (Fsp3) is 0.240. The van der Waals surface area contributed by atoms with Crippen LogP contribution in [-0.2, 0) is 21.4 Å². The molecule has 1 N–H and O–H groups in total. The lowest BCUT2D eigenvalue weighted by Gasteiger charge is -2.28. The van der Waals surface area contributed by atoms with Crippen molar-refractivity contribution in [2.24, 2.45) is 0 Å². The summed E-state index contributed by atoms with van der Waals surface area (Å²) in [5.41, 5.74) is 4.08. The van der Waals surface area contributed by atoms with Crippen LogP contribution in [0.15, 0.2) is 72.8 Å². The van der Waals surface area contributed by atoms with E-state index in [4.69, 9.17) is 4.74 Å². The highest BCUT2D eigenvalue weighted by atomic mass is 32.2. The maximum absolute atomic E-state index is 12.9. The Labute approximate surface area is 189 Å². The number of nitrogens with one attached hydrogen (secondary N) is 1. The van der Waals surface area contributed by atoms with Gasteiger partial charge in [-0.25, -0.2) is 8.42 Å². The first-order chi connectivity index (χ1) is 15.1. The van der Waals surface area contributed by atoms with Gasteiger partial charge in [0.05, 0.1) is 11.9 Å². The zero-order valence-corrected chi connectivity index (χ0v) is 19.5. The van der Waals surface area contributed by atoms with Crippen LogP contribution in [-0.4, -0.2) is 26.6 Å². The minimum absolute atomic E-state index is 0.424. The van der Waals surface area contributed by atoms with Crippen molar-refractivity contribution in [1.82, 2.24) is 0 Å². The summed E-state index contributed by atoms with van der Waals surface area (Å²) < 4.78 is 31.9. The molecular weight excluding hydrogens is 424 g/mol. The van der Waals surface area contributed by atoms with Crippen LogP contribution in [0.4, 0.5) is 11.4 Å². The average molecular weight is 453 g/mol. The number of hydrogen-bond acceptors (Lipinski definition) is 4. The van der Waals surface area contributed by atoms with Crippen LogP contribution in [0.1, 0.15) is 23.6 Å². The number of aryl methyl sites for hydroxylation is 2. The molecule has 0 bridgehead atoms. The molecule has 32 heavy (non-hydrogen) atoms. The second-order valence-corrected chi connectivity index (χ2v) is 9.65. The second kappa shape index (κ2) is 9.87. The fourth-order valence-electron chi connectivity index (χ4n) is 3.29. The van der Waals surface area contributed by atoms with Gasteiger partial charge >= 0.3 is 0 Å². The molecule has 0 aliphatic heterocycles. The van der Waals surface area contributed by atoms with Crippen LogP contribution in [0.2, 0.25) is 0 Å². The fourth-order valence-corrected chi connectivity index (χ4v) is 4.46. The summed E-state index contributed by atoms with van der Waals surface area (Å²) in [4.78, 5) is 12.9. The van der Waals surface area contributed by atoms with Gasteiger partial charge in [0.1, 0.15) is 18.4 Å². The van der Waals surface area contributed by atoms with Gasteiger partial charge in [0.15, 0.2) is 0 Å². The van der Waals surface area contributed by atoms with Crippen molar-refractivity contribution in [3.8, 4) is 5.75 Å². The largest absolute Gasteiger partial charge is 0.489 e. The Hall–Kier alpha value is -3.32. The molecular formula is C25H28N2O4S. The van der Waals surface area contributed by atoms with Crippen molar-refractivity contribution in [2.75, 3.05) is 15.9 Å². The van der Waals surface area contributed by atoms with Gasteiger partial charge in [-0.05, 0) is 73.9 Å². The number of amides is 1. The van der Waals surface area contributed by atoms with E-state index >= 15 is 0 Å². The first-order valence-corrected chi connectivity index (χ1v) is 12.1. The average Bonchev–Trinajstić information content (AvgIpc) is 2.75. The van der Waals surface area contributed by atoms with Crippen LogP contribution in [0.3, 0.4) is 0 Å². The number of carbonyl (C=O) groups is 1.